The van der Waals surface area contributed by atoms with Gasteiger partial charge in [0.25, 0.3) is 5.56 Å². The van der Waals surface area contributed by atoms with E-state index in [0.29, 0.717) is 25.5 Å². The molecular weight excluding hydrogens is 254 g/mol. The van der Waals surface area contributed by atoms with Gasteiger partial charge in [0, 0.05) is 12.3 Å². The molecule has 0 N–H and O–H groups in total. The summed E-state index contributed by atoms with van der Waals surface area (Å²) in [4.78, 5) is 11.7. The maximum atomic E-state index is 11.7. The van der Waals surface area contributed by atoms with E-state index in [1.807, 2.05) is 44.2 Å². The number of rotatable bonds is 6. The highest BCUT2D eigenvalue weighted by molar-refractivity contribution is 5.39. The first-order chi connectivity index (χ1) is 9.70. The van der Waals surface area contributed by atoms with Gasteiger partial charge in [0.1, 0.15) is 6.61 Å². The van der Waals surface area contributed by atoms with Crippen LogP contribution >= 0.6 is 0 Å². The molecule has 20 heavy (non-hydrogen) atoms. The molecule has 4 heteroatoms. The summed E-state index contributed by atoms with van der Waals surface area (Å²) in [5, 5.41) is 0. The maximum Gasteiger partial charge on any atom is 0.250 e. The number of benzene rings is 1. The third kappa shape index (κ3) is 3.63. The van der Waals surface area contributed by atoms with Crippen LogP contribution in [-0.2, 0) is 6.54 Å². The summed E-state index contributed by atoms with van der Waals surface area (Å²) >= 11 is 0. The van der Waals surface area contributed by atoms with E-state index in [-0.39, 0.29) is 5.56 Å². The quantitative estimate of drug-likeness (QED) is 0.812. The van der Waals surface area contributed by atoms with Crippen molar-refractivity contribution in [2.75, 3.05) is 13.2 Å². The normalized spacial score (nSPS) is 10.3. The Bertz CT molecular complexity index is 619. The number of hydrogen-bond acceptors (Lipinski definition) is 3. The van der Waals surface area contributed by atoms with Crippen LogP contribution in [0.25, 0.3) is 0 Å². The Morgan fingerprint density at radius 3 is 2.45 bits per heavy atom. The largest absolute Gasteiger partial charge is 0.490 e. The summed E-state index contributed by atoms with van der Waals surface area (Å²) in [6.45, 7) is 5.37. The van der Waals surface area contributed by atoms with Crippen molar-refractivity contribution in [2.45, 2.75) is 20.4 Å². The maximum absolute atomic E-state index is 11.7. The van der Waals surface area contributed by atoms with Crippen molar-refractivity contribution in [3.63, 3.8) is 0 Å². The lowest BCUT2D eigenvalue weighted by molar-refractivity contribution is 0.265. The number of pyridine rings is 1. The molecule has 2 rings (SSSR count). The Balaban J connectivity index is 1.97. The molecule has 0 aliphatic carbocycles. The molecule has 0 saturated carbocycles. The van der Waals surface area contributed by atoms with Gasteiger partial charge in [-0.15, -0.1) is 0 Å². The first-order valence-electron chi connectivity index (χ1n) is 6.72. The molecule has 0 amide bonds. The molecule has 0 spiro atoms. The average molecular weight is 273 g/mol. The Kier molecular flexibility index (Phi) is 4.82. The number of ether oxygens (including phenoxy) is 2. The van der Waals surface area contributed by atoms with Crippen LogP contribution in [0.15, 0.2) is 47.4 Å². The van der Waals surface area contributed by atoms with Gasteiger partial charge in [-0.05, 0) is 37.6 Å². The summed E-state index contributed by atoms with van der Waals surface area (Å²) in [5.74, 6) is 1.43. The average Bonchev–Trinajstić information content (AvgIpc) is 2.43. The van der Waals surface area contributed by atoms with Crippen molar-refractivity contribution in [3.05, 3.63) is 58.5 Å². The smallest absolute Gasteiger partial charge is 0.250 e. The molecule has 0 unspecified atom stereocenters. The van der Waals surface area contributed by atoms with Crippen molar-refractivity contribution in [1.29, 1.82) is 0 Å². The minimum atomic E-state index is -0.00769. The number of aromatic nitrogens is 1. The molecule has 0 saturated heterocycles. The van der Waals surface area contributed by atoms with Crippen molar-refractivity contribution in [2.24, 2.45) is 0 Å². The van der Waals surface area contributed by atoms with E-state index in [2.05, 4.69) is 0 Å². The van der Waals surface area contributed by atoms with Crippen molar-refractivity contribution < 1.29 is 9.47 Å². The van der Waals surface area contributed by atoms with Crippen LogP contribution in [0.3, 0.4) is 0 Å². The monoisotopic (exact) mass is 273 g/mol. The summed E-state index contributed by atoms with van der Waals surface area (Å²) < 4.78 is 12.8. The van der Waals surface area contributed by atoms with Gasteiger partial charge < -0.3 is 14.0 Å². The fourth-order valence-electron chi connectivity index (χ4n) is 1.89. The predicted octanol–water partition coefficient (Wildman–Crippen LogP) is 2.63. The van der Waals surface area contributed by atoms with Gasteiger partial charge in [-0.25, -0.2) is 0 Å². The van der Waals surface area contributed by atoms with Gasteiger partial charge in [0.15, 0.2) is 11.5 Å². The lowest BCUT2D eigenvalue weighted by Gasteiger charge is -2.12. The van der Waals surface area contributed by atoms with Crippen LogP contribution in [0.1, 0.15) is 12.5 Å². The molecule has 1 heterocycles. The molecule has 1 aromatic heterocycles. The topological polar surface area (TPSA) is 40.5 Å². The number of aryl methyl sites for hydroxylation is 1. The van der Waals surface area contributed by atoms with E-state index in [4.69, 9.17) is 9.47 Å². The van der Waals surface area contributed by atoms with E-state index in [0.717, 1.165) is 11.3 Å². The Hall–Kier alpha value is -2.23. The van der Waals surface area contributed by atoms with Crippen molar-refractivity contribution >= 4 is 0 Å². The van der Waals surface area contributed by atoms with Gasteiger partial charge in [0.05, 0.1) is 13.2 Å². The van der Waals surface area contributed by atoms with Crippen LogP contribution in [0, 0.1) is 6.92 Å². The number of nitrogens with zero attached hydrogens (tertiary/aromatic N) is 1. The Morgan fingerprint density at radius 2 is 1.80 bits per heavy atom. The molecular formula is C16H19NO3. The lowest BCUT2D eigenvalue weighted by Crippen LogP contribution is -2.22. The van der Waals surface area contributed by atoms with Crippen LogP contribution in [-0.4, -0.2) is 17.8 Å². The lowest BCUT2D eigenvalue weighted by atomic mass is 10.3. The van der Waals surface area contributed by atoms with Crippen LogP contribution in [0.2, 0.25) is 0 Å². The van der Waals surface area contributed by atoms with Crippen LogP contribution in [0.5, 0.6) is 11.5 Å². The Labute approximate surface area is 118 Å². The van der Waals surface area contributed by atoms with E-state index in [1.165, 1.54) is 0 Å². The third-order valence-electron chi connectivity index (χ3n) is 2.89. The molecule has 0 bridgehead atoms. The van der Waals surface area contributed by atoms with E-state index in [9.17, 15) is 4.79 Å². The zero-order valence-electron chi connectivity index (χ0n) is 11.8. The first kappa shape index (κ1) is 14.2. The molecule has 0 aliphatic heterocycles. The summed E-state index contributed by atoms with van der Waals surface area (Å²) in [5.41, 5.74) is 0.959. The SMILES string of the molecule is CCOc1ccccc1OCCn1ccc(C)cc1=O. The highest BCUT2D eigenvalue weighted by Gasteiger charge is 2.03. The summed E-state index contributed by atoms with van der Waals surface area (Å²) in [6, 6.07) is 11.1. The minimum Gasteiger partial charge on any atom is -0.490 e. The highest BCUT2D eigenvalue weighted by Crippen LogP contribution is 2.26. The molecule has 0 radical (unpaired) electrons. The van der Waals surface area contributed by atoms with E-state index < -0.39 is 0 Å². The zero-order chi connectivity index (χ0) is 14.4. The van der Waals surface area contributed by atoms with Crippen molar-refractivity contribution in [3.8, 4) is 11.5 Å². The minimum absolute atomic E-state index is 0.00769. The van der Waals surface area contributed by atoms with Crippen LogP contribution < -0.4 is 15.0 Å². The highest BCUT2D eigenvalue weighted by atomic mass is 16.5. The molecule has 0 aliphatic rings. The molecule has 0 fully saturated rings. The van der Waals surface area contributed by atoms with Crippen molar-refractivity contribution in [1.82, 2.24) is 4.57 Å². The Morgan fingerprint density at radius 1 is 1.10 bits per heavy atom. The molecule has 106 valence electrons. The van der Waals surface area contributed by atoms with Gasteiger partial charge in [-0.1, -0.05) is 12.1 Å². The van der Waals surface area contributed by atoms with E-state index in [1.54, 1.807) is 16.8 Å². The number of hydrogen-bond donors (Lipinski definition) is 0. The zero-order valence-corrected chi connectivity index (χ0v) is 11.8. The molecule has 0 atom stereocenters. The molecule has 2 aromatic rings. The molecule has 1 aromatic carbocycles. The standard InChI is InChI=1S/C16H19NO3/c1-3-19-14-6-4-5-7-15(14)20-11-10-17-9-8-13(2)12-16(17)18/h4-9,12H,3,10-11H2,1-2H3. The fourth-order valence-corrected chi connectivity index (χ4v) is 1.89. The molecule has 4 nitrogen and oxygen atoms in total. The fraction of sp³-hybridized carbons (Fsp3) is 0.312. The number of para-hydroxylation sites is 2. The second-order valence-corrected chi connectivity index (χ2v) is 4.46. The van der Waals surface area contributed by atoms with E-state index >= 15 is 0 Å². The van der Waals surface area contributed by atoms with Gasteiger partial charge in [-0.3, -0.25) is 4.79 Å². The summed E-state index contributed by atoms with van der Waals surface area (Å²) in [6.07, 6.45) is 1.79. The second-order valence-electron chi connectivity index (χ2n) is 4.46. The van der Waals surface area contributed by atoms with Gasteiger partial charge >= 0.3 is 0 Å². The summed E-state index contributed by atoms with van der Waals surface area (Å²) in [7, 11) is 0. The van der Waals surface area contributed by atoms with Gasteiger partial charge in [0.2, 0.25) is 0 Å². The van der Waals surface area contributed by atoms with Gasteiger partial charge in [-0.2, -0.15) is 0 Å². The van der Waals surface area contributed by atoms with Crippen LogP contribution in [0.4, 0.5) is 0 Å². The first-order valence-corrected chi connectivity index (χ1v) is 6.72. The third-order valence-corrected chi connectivity index (χ3v) is 2.89. The second kappa shape index (κ2) is 6.80. The predicted molar refractivity (Wildman–Crippen MR) is 78.5 cm³/mol.